The van der Waals surface area contributed by atoms with Crippen LogP contribution in [0.5, 0.6) is 0 Å². The highest BCUT2D eigenvalue weighted by atomic mass is 127. The standard InChI is InChI=1S/C17H28N4OS.HI/c1-6-19-15(22)14-9-7-13(8-10-14)11-20-16(18-4)21-12-17(2,3)23-5;/h7-10H,6,11-12H2,1-5H3,(H,19,22)(H2,18,20,21);1H. The lowest BCUT2D eigenvalue weighted by atomic mass is 10.1. The number of nitrogens with zero attached hydrogens (tertiary/aromatic N) is 1. The Morgan fingerprint density at radius 3 is 2.29 bits per heavy atom. The van der Waals surface area contributed by atoms with Crippen LogP contribution in [-0.2, 0) is 6.54 Å². The van der Waals surface area contributed by atoms with Gasteiger partial charge in [-0.05, 0) is 44.7 Å². The van der Waals surface area contributed by atoms with Gasteiger partial charge < -0.3 is 16.0 Å². The van der Waals surface area contributed by atoms with Crippen LogP contribution in [-0.4, -0.2) is 43.0 Å². The highest BCUT2D eigenvalue weighted by Gasteiger charge is 2.16. The molecule has 1 rings (SSSR count). The van der Waals surface area contributed by atoms with Crippen LogP contribution in [0.4, 0.5) is 0 Å². The molecule has 1 aromatic carbocycles. The van der Waals surface area contributed by atoms with Crippen molar-refractivity contribution in [1.29, 1.82) is 0 Å². The summed E-state index contributed by atoms with van der Waals surface area (Å²) in [4.78, 5) is 15.9. The average Bonchev–Trinajstić information content (AvgIpc) is 2.55. The number of hydrogen-bond donors (Lipinski definition) is 3. The van der Waals surface area contributed by atoms with E-state index in [1.165, 1.54) is 0 Å². The van der Waals surface area contributed by atoms with Crippen LogP contribution in [0.1, 0.15) is 36.7 Å². The van der Waals surface area contributed by atoms with Gasteiger partial charge in [-0.25, -0.2) is 0 Å². The molecule has 5 nitrogen and oxygen atoms in total. The van der Waals surface area contributed by atoms with Gasteiger partial charge in [-0.3, -0.25) is 9.79 Å². The molecule has 0 aliphatic carbocycles. The number of hydrogen-bond acceptors (Lipinski definition) is 3. The van der Waals surface area contributed by atoms with Gasteiger partial charge in [-0.2, -0.15) is 11.8 Å². The summed E-state index contributed by atoms with van der Waals surface area (Å²) in [7, 11) is 1.76. The van der Waals surface area contributed by atoms with Gasteiger partial charge in [-0.1, -0.05) is 12.1 Å². The number of amides is 1. The molecule has 1 amide bonds. The molecule has 0 aliphatic rings. The topological polar surface area (TPSA) is 65.5 Å². The minimum Gasteiger partial charge on any atom is -0.355 e. The van der Waals surface area contributed by atoms with Crippen molar-refractivity contribution in [3.8, 4) is 0 Å². The van der Waals surface area contributed by atoms with Crippen molar-refractivity contribution in [2.75, 3.05) is 26.4 Å². The zero-order valence-corrected chi connectivity index (χ0v) is 18.2. The van der Waals surface area contributed by atoms with Crippen molar-refractivity contribution < 1.29 is 4.79 Å². The molecule has 0 fully saturated rings. The van der Waals surface area contributed by atoms with E-state index in [1.54, 1.807) is 7.05 Å². The second-order valence-electron chi connectivity index (χ2n) is 5.80. The fourth-order valence-electron chi connectivity index (χ4n) is 1.81. The fraction of sp³-hybridized carbons (Fsp3) is 0.529. The molecule has 0 saturated heterocycles. The Morgan fingerprint density at radius 1 is 1.17 bits per heavy atom. The first-order valence-electron chi connectivity index (χ1n) is 7.78. The molecular formula is C17H29IN4OS. The quantitative estimate of drug-likeness (QED) is 0.330. The normalized spacial score (nSPS) is 11.5. The fourth-order valence-corrected chi connectivity index (χ4v) is 2.03. The largest absolute Gasteiger partial charge is 0.355 e. The molecule has 3 N–H and O–H groups in total. The summed E-state index contributed by atoms with van der Waals surface area (Å²) >= 11 is 1.82. The number of carbonyl (C=O) groups excluding carboxylic acids is 1. The van der Waals surface area contributed by atoms with Crippen LogP contribution in [0.3, 0.4) is 0 Å². The van der Waals surface area contributed by atoms with Crippen molar-refractivity contribution >= 4 is 47.6 Å². The number of halogens is 1. The second kappa shape index (κ2) is 11.6. The summed E-state index contributed by atoms with van der Waals surface area (Å²) < 4.78 is 0.159. The van der Waals surface area contributed by atoms with Crippen molar-refractivity contribution in [1.82, 2.24) is 16.0 Å². The van der Waals surface area contributed by atoms with Gasteiger partial charge in [0.1, 0.15) is 0 Å². The second-order valence-corrected chi connectivity index (χ2v) is 7.31. The number of rotatable bonds is 7. The minimum atomic E-state index is -0.0382. The van der Waals surface area contributed by atoms with E-state index in [9.17, 15) is 4.79 Å². The Hall–Kier alpha value is -0.960. The molecule has 0 unspecified atom stereocenters. The lowest BCUT2D eigenvalue weighted by Crippen LogP contribution is -2.42. The first-order valence-corrected chi connectivity index (χ1v) is 9.01. The van der Waals surface area contributed by atoms with E-state index in [0.29, 0.717) is 18.7 Å². The maximum absolute atomic E-state index is 11.7. The zero-order chi connectivity index (χ0) is 17.3. The third kappa shape index (κ3) is 8.23. The molecule has 0 heterocycles. The molecule has 0 aliphatic heterocycles. The summed E-state index contributed by atoms with van der Waals surface area (Å²) in [5, 5.41) is 9.41. The van der Waals surface area contributed by atoms with Gasteiger partial charge in [0, 0.05) is 37.0 Å². The van der Waals surface area contributed by atoms with E-state index < -0.39 is 0 Å². The van der Waals surface area contributed by atoms with E-state index in [4.69, 9.17) is 0 Å². The first kappa shape index (κ1) is 23.0. The predicted octanol–water partition coefficient (Wildman–Crippen LogP) is 2.86. The third-order valence-corrected chi connectivity index (χ3v) is 4.72. The lowest BCUT2D eigenvalue weighted by Gasteiger charge is -2.23. The zero-order valence-electron chi connectivity index (χ0n) is 15.1. The van der Waals surface area contributed by atoms with E-state index in [2.05, 4.69) is 41.0 Å². The Bertz CT molecular complexity index is 532. The summed E-state index contributed by atoms with van der Waals surface area (Å²) in [6, 6.07) is 7.59. The number of thioether (sulfide) groups is 1. The molecule has 0 aromatic heterocycles. The predicted molar refractivity (Wildman–Crippen MR) is 116 cm³/mol. The highest BCUT2D eigenvalue weighted by molar-refractivity contribution is 14.0. The van der Waals surface area contributed by atoms with E-state index in [1.807, 2.05) is 43.0 Å². The van der Waals surface area contributed by atoms with Crippen molar-refractivity contribution in [2.24, 2.45) is 4.99 Å². The van der Waals surface area contributed by atoms with Gasteiger partial charge >= 0.3 is 0 Å². The van der Waals surface area contributed by atoms with Crippen molar-refractivity contribution in [2.45, 2.75) is 32.1 Å². The number of guanidine groups is 1. The van der Waals surface area contributed by atoms with E-state index >= 15 is 0 Å². The molecule has 0 saturated carbocycles. The third-order valence-electron chi connectivity index (χ3n) is 3.47. The highest BCUT2D eigenvalue weighted by Crippen LogP contribution is 2.19. The average molecular weight is 464 g/mol. The first-order chi connectivity index (χ1) is 10.9. The van der Waals surface area contributed by atoms with Crippen LogP contribution in [0.25, 0.3) is 0 Å². The lowest BCUT2D eigenvalue weighted by molar-refractivity contribution is 0.0956. The Labute approximate surface area is 166 Å². The summed E-state index contributed by atoms with van der Waals surface area (Å²) in [6.07, 6.45) is 2.11. The van der Waals surface area contributed by atoms with Crippen LogP contribution in [0, 0.1) is 0 Å². The summed E-state index contributed by atoms with van der Waals surface area (Å²) in [6.45, 7) is 8.43. The Kier molecular flexibility index (Phi) is 11.1. The van der Waals surface area contributed by atoms with Crippen LogP contribution in [0.2, 0.25) is 0 Å². The van der Waals surface area contributed by atoms with Gasteiger partial charge in [0.15, 0.2) is 5.96 Å². The maximum Gasteiger partial charge on any atom is 0.251 e. The molecule has 0 atom stereocenters. The number of nitrogens with one attached hydrogen (secondary N) is 3. The molecule has 0 bridgehead atoms. The molecule has 7 heteroatoms. The monoisotopic (exact) mass is 464 g/mol. The van der Waals surface area contributed by atoms with Gasteiger partial charge in [-0.15, -0.1) is 24.0 Å². The molecule has 0 spiro atoms. The molecule has 24 heavy (non-hydrogen) atoms. The summed E-state index contributed by atoms with van der Waals surface area (Å²) in [5.74, 6) is 0.740. The van der Waals surface area contributed by atoms with Crippen molar-refractivity contribution in [3.05, 3.63) is 35.4 Å². The number of benzene rings is 1. The molecule has 0 radical (unpaired) electrons. The smallest absolute Gasteiger partial charge is 0.251 e. The number of aliphatic imine (C=N–C) groups is 1. The van der Waals surface area contributed by atoms with Gasteiger partial charge in [0.25, 0.3) is 5.91 Å². The van der Waals surface area contributed by atoms with E-state index in [0.717, 1.165) is 18.1 Å². The maximum atomic E-state index is 11.7. The van der Waals surface area contributed by atoms with Crippen molar-refractivity contribution in [3.63, 3.8) is 0 Å². The Morgan fingerprint density at radius 2 is 1.79 bits per heavy atom. The summed E-state index contributed by atoms with van der Waals surface area (Å²) in [5.41, 5.74) is 1.78. The Balaban J connectivity index is 0.00000529. The van der Waals surface area contributed by atoms with E-state index in [-0.39, 0.29) is 34.6 Å². The minimum absolute atomic E-state index is 0. The number of carbonyl (C=O) groups is 1. The van der Waals surface area contributed by atoms with Crippen LogP contribution < -0.4 is 16.0 Å². The molecular weight excluding hydrogens is 435 g/mol. The molecule has 1 aromatic rings. The SMILES string of the molecule is CCNC(=O)c1ccc(CNC(=NC)NCC(C)(C)SC)cc1.I. The van der Waals surface area contributed by atoms with Crippen LogP contribution in [0.15, 0.2) is 29.3 Å². The molecule has 136 valence electrons. The van der Waals surface area contributed by atoms with Gasteiger partial charge in [0.05, 0.1) is 0 Å². The van der Waals surface area contributed by atoms with Crippen LogP contribution >= 0.6 is 35.7 Å². The van der Waals surface area contributed by atoms with Gasteiger partial charge in [0.2, 0.25) is 0 Å².